The fourth-order valence-electron chi connectivity index (χ4n) is 3.60. The molecule has 2 aromatic rings. The van der Waals surface area contributed by atoms with Gasteiger partial charge in [-0.3, -0.25) is 9.69 Å². The second-order valence-corrected chi connectivity index (χ2v) is 7.60. The maximum Gasteiger partial charge on any atom is 0.222 e. The fraction of sp³-hybridized carbons (Fsp3) is 0.409. The number of hydrogen-bond donors (Lipinski definition) is 0. The van der Waals surface area contributed by atoms with E-state index in [0.717, 1.165) is 49.5 Å². The normalized spacial score (nSPS) is 17.5. The van der Waals surface area contributed by atoms with Crippen molar-refractivity contribution in [3.8, 4) is 0 Å². The number of likely N-dealkylation sites (tertiary alicyclic amines) is 1. The molecule has 1 aliphatic rings. The highest BCUT2D eigenvalue weighted by molar-refractivity contribution is 6.30. The first-order chi connectivity index (χ1) is 12.6. The van der Waals surface area contributed by atoms with Crippen LogP contribution in [0.3, 0.4) is 0 Å². The molecule has 1 aliphatic heterocycles. The summed E-state index contributed by atoms with van der Waals surface area (Å²) in [4.78, 5) is 17.1. The highest BCUT2D eigenvalue weighted by Crippen LogP contribution is 2.18. The van der Waals surface area contributed by atoms with Gasteiger partial charge in [0.25, 0.3) is 0 Å². The summed E-state index contributed by atoms with van der Waals surface area (Å²) < 4.78 is 0. The quantitative estimate of drug-likeness (QED) is 0.752. The third-order valence-electron chi connectivity index (χ3n) is 5.19. The molecule has 0 aromatic heterocycles. The Kier molecular flexibility index (Phi) is 6.70. The van der Waals surface area contributed by atoms with E-state index in [1.165, 1.54) is 5.56 Å². The zero-order valence-electron chi connectivity index (χ0n) is 15.4. The van der Waals surface area contributed by atoms with Crippen LogP contribution in [0.4, 0.5) is 0 Å². The summed E-state index contributed by atoms with van der Waals surface area (Å²) in [5.74, 6) is 0.262. The van der Waals surface area contributed by atoms with Crippen molar-refractivity contribution in [1.82, 2.24) is 9.80 Å². The van der Waals surface area contributed by atoms with Crippen LogP contribution in [0, 0.1) is 0 Å². The number of likely N-dealkylation sites (N-methyl/N-ethyl adjacent to an activating group) is 1. The average Bonchev–Trinajstić information content (AvgIpc) is 2.68. The van der Waals surface area contributed by atoms with Crippen molar-refractivity contribution >= 4 is 17.5 Å². The Morgan fingerprint density at radius 3 is 2.58 bits per heavy atom. The Bertz CT molecular complexity index is 702. The van der Waals surface area contributed by atoms with Gasteiger partial charge in [-0.15, -0.1) is 0 Å². The van der Waals surface area contributed by atoms with Crippen molar-refractivity contribution in [2.24, 2.45) is 0 Å². The molecule has 0 bridgehead atoms. The summed E-state index contributed by atoms with van der Waals surface area (Å²) in [5, 5.41) is 0.736. The van der Waals surface area contributed by atoms with Crippen molar-refractivity contribution in [2.45, 2.75) is 38.3 Å². The lowest BCUT2D eigenvalue weighted by molar-refractivity contribution is -0.133. The third kappa shape index (κ3) is 5.33. The molecule has 138 valence electrons. The van der Waals surface area contributed by atoms with Crippen LogP contribution in [0.25, 0.3) is 0 Å². The van der Waals surface area contributed by atoms with E-state index in [4.69, 9.17) is 11.6 Å². The summed E-state index contributed by atoms with van der Waals surface area (Å²) in [6.45, 7) is 2.65. The van der Waals surface area contributed by atoms with Crippen LogP contribution in [-0.4, -0.2) is 41.9 Å². The van der Waals surface area contributed by atoms with Crippen molar-refractivity contribution < 1.29 is 4.79 Å². The minimum Gasteiger partial charge on any atom is -0.341 e. The van der Waals surface area contributed by atoms with E-state index in [9.17, 15) is 4.79 Å². The lowest BCUT2D eigenvalue weighted by Crippen LogP contribution is -2.48. The van der Waals surface area contributed by atoms with Gasteiger partial charge < -0.3 is 4.90 Å². The maximum absolute atomic E-state index is 12.6. The Morgan fingerprint density at radius 1 is 1.12 bits per heavy atom. The highest BCUT2D eigenvalue weighted by Gasteiger charge is 2.26. The zero-order valence-corrected chi connectivity index (χ0v) is 16.2. The molecule has 2 aromatic carbocycles. The van der Waals surface area contributed by atoms with Crippen molar-refractivity contribution in [1.29, 1.82) is 0 Å². The molecule has 0 aliphatic carbocycles. The van der Waals surface area contributed by atoms with Gasteiger partial charge >= 0.3 is 0 Å². The van der Waals surface area contributed by atoms with E-state index in [0.29, 0.717) is 12.5 Å². The molecular formula is C22H27ClN2O. The number of nitrogens with zero attached hydrogens (tertiary/aromatic N) is 2. The van der Waals surface area contributed by atoms with Gasteiger partial charge in [-0.1, -0.05) is 54.1 Å². The van der Waals surface area contributed by atoms with Crippen LogP contribution in [0.15, 0.2) is 54.6 Å². The molecule has 26 heavy (non-hydrogen) atoms. The largest absolute Gasteiger partial charge is 0.341 e. The number of aryl methyl sites for hydroxylation is 1. The molecule has 0 saturated carbocycles. The fourth-order valence-corrected chi connectivity index (χ4v) is 3.73. The second-order valence-electron chi connectivity index (χ2n) is 7.16. The van der Waals surface area contributed by atoms with E-state index in [-0.39, 0.29) is 5.91 Å². The lowest BCUT2D eigenvalue weighted by atomic mass is 10.0. The summed E-state index contributed by atoms with van der Waals surface area (Å²) in [7, 11) is 2.17. The van der Waals surface area contributed by atoms with Crippen LogP contribution in [0.5, 0.6) is 0 Å². The number of rotatable bonds is 6. The van der Waals surface area contributed by atoms with Crippen LogP contribution in [0.1, 0.15) is 30.4 Å². The molecule has 1 saturated heterocycles. The number of hydrogen-bond acceptors (Lipinski definition) is 2. The van der Waals surface area contributed by atoms with Gasteiger partial charge in [-0.05, 0) is 49.6 Å². The van der Waals surface area contributed by atoms with E-state index >= 15 is 0 Å². The van der Waals surface area contributed by atoms with Crippen LogP contribution in [-0.2, 0) is 17.8 Å². The van der Waals surface area contributed by atoms with Gasteiger partial charge in [0, 0.05) is 37.1 Å². The van der Waals surface area contributed by atoms with Crippen molar-refractivity contribution in [3.05, 3.63) is 70.7 Å². The van der Waals surface area contributed by atoms with Crippen LogP contribution in [0.2, 0.25) is 5.02 Å². The summed E-state index contributed by atoms with van der Waals surface area (Å²) in [6.07, 6.45) is 3.58. The minimum absolute atomic E-state index is 0.262. The Hall–Kier alpha value is -1.84. The molecule has 1 heterocycles. The predicted octanol–water partition coefficient (Wildman–Crippen LogP) is 4.40. The predicted molar refractivity (Wildman–Crippen MR) is 107 cm³/mol. The van der Waals surface area contributed by atoms with Crippen molar-refractivity contribution in [3.63, 3.8) is 0 Å². The number of carbonyl (C=O) groups is 1. The first-order valence-corrected chi connectivity index (χ1v) is 9.76. The molecule has 1 fully saturated rings. The SMILES string of the molecule is CN(Cc1ccccc1)[C@H]1CCCN(C(=O)CCc2ccc(Cl)cc2)C1. The highest BCUT2D eigenvalue weighted by atomic mass is 35.5. The molecule has 0 unspecified atom stereocenters. The van der Waals surface area contributed by atoms with Gasteiger partial charge in [-0.2, -0.15) is 0 Å². The van der Waals surface area contributed by atoms with Gasteiger partial charge in [0.05, 0.1) is 0 Å². The topological polar surface area (TPSA) is 23.6 Å². The van der Waals surface area contributed by atoms with Crippen molar-refractivity contribution in [2.75, 3.05) is 20.1 Å². The van der Waals surface area contributed by atoms with E-state index in [2.05, 4.69) is 36.2 Å². The Balaban J connectivity index is 1.50. The van der Waals surface area contributed by atoms with Gasteiger partial charge in [0.1, 0.15) is 0 Å². The monoisotopic (exact) mass is 370 g/mol. The first kappa shape index (κ1) is 18.9. The molecule has 0 radical (unpaired) electrons. The average molecular weight is 371 g/mol. The number of piperidine rings is 1. The number of halogens is 1. The summed E-state index contributed by atoms with van der Waals surface area (Å²) in [5.41, 5.74) is 2.48. The molecule has 3 nitrogen and oxygen atoms in total. The molecule has 4 heteroatoms. The maximum atomic E-state index is 12.6. The van der Waals surface area contributed by atoms with Crippen LogP contribution < -0.4 is 0 Å². The molecule has 1 atom stereocenters. The van der Waals surface area contributed by atoms with E-state index < -0.39 is 0 Å². The molecule has 0 spiro atoms. The second kappa shape index (κ2) is 9.20. The van der Waals surface area contributed by atoms with Gasteiger partial charge in [-0.25, -0.2) is 0 Å². The van der Waals surface area contributed by atoms with E-state index in [1.54, 1.807) is 0 Å². The number of benzene rings is 2. The molecule has 0 N–H and O–H groups in total. The van der Waals surface area contributed by atoms with E-state index in [1.807, 2.05) is 35.2 Å². The smallest absolute Gasteiger partial charge is 0.222 e. The lowest BCUT2D eigenvalue weighted by Gasteiger charge is -2.38. The summed E-state index contributed by atoms with van der Waals surface area (Å²) >= 11 is 5.92. The third-order valence-corrected chi connectivity index (χ3v) is 5.44. The molecule has 3 rings (SSSR count). The Labute approximate surface area is 161 Å². The molecule has 1 amide bonds. The first-order valence-electron chi connectivity index (χ1n) is 9.38. The summed E-state index contributed by atoms with van der Waals surface area (Å²) in [6, 6.07) is 18.7. The minimum atomic E-state index is 0.262. The standard InChI is InChI=1S/C22H27ClN2O/c1-24(16-19-6-3-2-4-7-19)21-8-5-15-25(17-21)22(26)14-11-18-9-12-20(23)13-10-18/h2-4,6-7,9-10,12-13,21H,5,8,11,14-17H2,1H3/t21-/m0/s1. The van der Waals surface area contributed by atoms with Gasteiger partial charge in [0.2, 0.25) is 5.91 Å². The number of amides is 1. The molecular weight excluding hydrogens is 344 g/mol. The van der Waals surface area contributed by atoms with Gasteiger partial charge in [0.15, 0.2) is 0 Å². The zero-order chi connectivity index (χ0) is 18.4. The number of carbonyl (C=O) groups excluding carboxylic acids is 1. The Morgan fingerprint density at radius 2 is 1.85 bits per heavy atom. The van der Waals surface area contributed by atoms with Crippen LogP contribution >= 0.6 is 11.6 Å².